The van der Waals surface area contributed by atoms with Gasteiger partial charge < -0.3 is 4.90 Å². The van der Waals surface area contributed by atoms with Crippen LogP contribution in [0.5, 0.6) is 0 Å². The average Bonchev–Trinajstić information content (AvgIpc) is 2.72. The number of sulfonamides is 1. The fourth-order valence-corrected chi connectivity index (χ4v) is 4.94. The number of amides is 1. The second-order valence-corrected chi connectivity index (χ2v) is 9.32. The van der Waals surface area contributed by atoms with Gasteiger partial charge in [0.15, 0.2) is 0 Å². The number of carbonyl (C=O) groups is 1. The predicted molar refractivity (Wildman–Crippen MR) is 107 cm³/mol. The van der Waals surface area contributed by atoms with Crippen LogP contribution in [0.1, 0.15) is 25.3 Å². The number of rotatable bonds is 5. The van der Waals surface area contributed by atoms with Crippen molar-refractivity contribution < 1.29 is 26.4 Å². The third-order valence-electron chi connectivity index (χ3n) is 5.08. The molecular formula is C21H23F3N2O3S. The Labute approximate surface area is 174 Å². The number of halogens is 3. The van der Waals surface area contributed by atoms with Gasteiger partial charge in [0, 0.05) is 13.1 Å². The van der Waals surface area contributed by atoms with Gasteiger partial charge >= 0.3 is 6.18 Å². The summed E-state index contributed by atoms with van der Waals surface area (Å²) in [5, 5.41) is 0. The molecule has 1 aliphatic rings. The van der Waals surface area contributed by atoms with Crippen molar-refractivity contribution in [2.45, 2.75) is 30.8 Å². The Bertz CT molecular complexity index is 994. The van der Waals surface area contributed by atoms with Crippen molar-refractivity contribution in [1.29, 1.82) is 0 Å². The molecule has 2 aromatic carbocycles. The maximum Gasteiger partial charge on any atom is 0.416 e. The number of piperidine rings is 1. The van der Waals surface area contributed by atoms with Gasteiger partial charge in [-0.25, -0.2) is 8.42 Å². The molecule has 5 nitrogen and oxygen atoms in total. The van der Waals surface area contributed by atoms with Gasteiger partial charge in [-0.3, -0.25) is 9.10 Å². The zero-order valence-electron chi connectivity index (χ0n) is 16.5. The molecule has 0 spiro atoms. The highest BCUT2D eigenvalue weighted by molar-refractivity contribution is 7.92. The number of benzene rings is 2. The zero-order chi connectivity index (χ0) is 21.9. The first-order valence-electron chi connectivity index (χ1n) is 9.62. The normalized spacial score (nSPS) is 17.6. The van der Waals surface area contributed by atoms with Crippen LogP contribution in [-0.2, 0) is 21.0 Å². The van der Waals surface area contributed by atoms with E-state index in [0.717, 1.165) is 35.3 Å². The SMILES string of the molecule is CC1CCCN(C(=O)CN(c2cccc(C(F)(F)F)c2)S(=O)(=O)c2ccccc2)C1. The van der Waals surface area contributed by atoms with E-state index >= 15 is 0 Å². The first-order valence-corrected chi connectivity index (χ1v) is 11.1. The number of hydrogen-bond acceptors (Lipinski definition) is 3. The van der Waals surface area contributed by atoms with Gasteiger partial charge in [0.25, 0.3) is 10.0 Å². The second-order valence-electron chi connectivity index (χ2n) is 7.46. The molecule has 0 aliphatic carbocycles. The lowest BCUT2D eigenvalue weighted by molar-refractivity contribution is -0.137. The maximum absolute atomic E-state index is 13.3. The number of hydrogen-bond donors (Lipinski definition) is 0. The largest absolute Gasteiger partial charge is 0.416 e. The standard InChI is InChI=1S/C21H23F3N2O3S/c1-16-7-6-12-25(14-16)20(27)15-26(30(28,29)19-10-3-2-4-11-19)18-9-5-8-17(13-18)21(22,23)24/h2-5,8-11,13,16H,6-7,12,14-15H2,1H3. The van der Waals surface area contributed by atoms with E-state index in [1.807, 2.05) is 6.92 Å². The van der Waals surface area contributed by atoms with Crippen molar-refractivity contribution in [3.8, 4) is 0 Å². The van der Waals surface area contributed by atoms with Crippen LogP contribution in [0.25, 0.3) is 0 Å². The number of anilines is 1. The summed E-state index contributed by atoms with van der Waals surface area (Å²) in [6.07, 6.45) is -2.85. The fraction of sp³-hybridized carbons (Fsp3) is 0.381. The molecule has 1 heterocycles. The molecule has 1 aliphatic heterocycles. The third-order valence-corrected chi connectivity index (χ3v) is 6.87. The molecule has 30 heavy (non-hydrogen) atoms. The van der Waals surface area contributed by atoms with Crippen molar-refractivity contribution in [2.75, 3.05) is 23.9 Å². The van der Waals surface area contributed by atoms with Gasteiger partial charge in [-0.2, -0.15) is 13.2 Å². The second kappa shape index (κ2) is 8.67. The predicted octanol–water partition coefficient (Wildman–Crippen LogP) is 4.16. The quantitative estimate of drug-likeness (QED) is 0.702. The van der Waals surface area contributed by atoms with Gasteiger partial charge in [0.2, 0.25) is 5.91 Å². The highest BCUT2D eigenvalue weighted by Gasteiger charge is 2.34. The van der Waals surface area contributed by atoms with Crippen LogP contribution in [0.15, 0.2) is 59.5 Å². The lowest BCUT2D eigenvalue weighted by Gasteiger charge is -2.33. The van der Waals surface area contributed by atoms with E-state index in [1.54, 1.807) is 11.0 Å². The summed E-state index contributed by atoms with van der Waals surface area (Å²) < 4.78 is 66.9. The van der Waals surface area contributed by atoms with Crippen LogP contribution in [0.4, 0.5) is 18.9 Å². The monoisotopic (exact) mass is 440 g/mol. The van der Waals surface area contributed by atoms with Crippen LogP contribution < -0.4 is 4.31 Å². The highest BCUT2D eigenvalue weighted by Crippen LogP contribution is 2.33. The molecule has 0 saturated carbocycles. The minimum absolute atomic E-state index is 0.0952. The molecule has 0 radical (unpaired) electrons. The van der Waals surface area contributed by atoms with Gasteiger partial charge in [-0.15, -0.1) is 0 Å². The Morgan fingerprint density at radius 1 is 1.13 bits per heavy atom. The molecule has 1 fully saturated rings. The highest BCUT2D eigenvalue weighted by atomic mass is 32.2. The van der Waals surface area contributed by atoms with E-state index in [2.05, 4.69) is 0 Å². The van der Waals surface area contributed by atoms with Gasteiger partial charge in [0.1, 0.15) is 6.54 Å². The molecule has 1 unspecified atom stereocenters. The topological polar surface area (TPSA) is 57.7 Å². The first kappa shape index (κ1) is 22.1. The van der Waals surface area contributed by atoms with Crippen LogP contribution >= 0.6 is 0 Å². The van der Waals surface area contributed by atoms with E-state index in [9.17, 15) is 26.4 Å². The van der Waals surface area contributed by atoms with E-state index < -0.39 is 34.2 Å². The number of alkyl halides is 3. The summed E-state index contributed by atoms with van der Waals surface area (Å²) in [6.45, 7) is 2.45. The molecule has 1 saturated heterocycles. The molecule has 162 valence electrons. The summed E-state index contributed by atoms with van der Waals surface area (Å²) in [5.74, 6) is -0.145. The van der Waals surface area contributed by atoms with Crippen LogP contribution in [0.3, 0.4) is 0 Å². The summed E-state index contributed by atoms with van der Waals surface area (Å²) >= 11 is 0. The Balaban J connectivity index is 2.00. The zero-order valence-corrected chi connectivity index (χ0v) is 17.3. The van der Waals surface area contributed by atoms with Crippen molar-refractivity contribution in [2.24, 2.45) is 5.92 Å². The summed E-state index contributed by atoms with van der Waals surface area (Å²) in [6, 6.07) is 11.4. The lowest BCUT2D eigenvalue weighted by Crippen LogP contribution is -2.46. The van der Waals surface area contributed by atoms with Gasteiger partial charge in [0.05, 0.1) is 16.1 Å². The smallest absolute Gasteiger partial charge is 0.341 e. The molecule has 2 aromatic rings. The van der Waals surface area contributed by atoms with Crippen LogP contribution in [0, 0.1) is 5.92 Å². The van der Waals surface area contributed by atoms with Crippen LogP contribution in [0.2, 0.25) is 0 Å². The molecule has 0 N–H and O–H groups in total. The van der Waals surface area contributed by atoms with Crippen molar-refractivity contribution in [3.05, 3.63) is 60.2 Å². The van der Waals surface area contributed by atoms with E-state index in [1.165, 1.54) is 30.3 Å². The molecule has 0 aromatic heterocycles. The third kappa shape index (κ3) is 4.95. The number of nitrogens with zero attached hydrogens (tertiary/aromatic N) is 2. The first-order chi connectivity index (χ1) is 14.1. The summed E-state index contributed by atoms with van der Waals surface area (Å²) in [7, 11) is -4.25. The van der Waals surface area contributed by atoms with Gasteiger partial charge in [-0.1, -0.05) is 31.2 Å². The fourth-order valence-electron chi connectivity index (χ4n) is 3.51. The molecule has 1 atom stereocenters. The van der Waals surface area contributed by atoms with E-state index in [0.29, 0.717) is 13.1 Å². The van der Waals surface area contributed by atoms with E-state index in [-0.39, 0.29) is 16.5 Å². The number of carbonyl (C=O) groups excluding carboxylic acids is 1. The molecule has 1 amide bonds. The lowest BCUT2D eigenvalue weighted by atomic mass is 10.0. The summed E-state index contributed by atoms with van der Waals surface area (Å²) in [4.78, 5) is 14.4. The molecule has 0 bridgehead atoms. The minimum atomic E-state index is -4.63. The molecule has 3 rings (SSSR count). The summed E-state index contributed by atoms with van der Waals surface area (Å²) in [5.41, 5.74) is -1.18. The van der Waals surface area contributed by atoms with Crippen molar-refractivity contribution >= 4 is 21.6 Å². The molecular weight excluding hydrogens is 417 g/mol. The Morgan fingerprint density at radius 2 is 1.83 bits per heavy atom. The molecule has 9 heteroatoms. The number of likely N-dealkylation sites (tertiary alicyclic amines) is 1. The van der Waals surface area contributed by atoms with Crippen LogP contribution in [-0.4, -0.2) is 38.9 Å². The Hall–Kier alpha value is -2.55. The van der Waals surface area contributed by atoms with Gasteiger partial charge in [-0.05, 0) is 49.1 Å². The van der Waals surface area contributed by atoms with E-state index in [4.69, 9.17) is 0 Å². The Morgan fingerprint density at radius 3 is 2.47 bits per heavy atom. The van der Waals surface area contributed by atoms with Crippen molar-refractivity contribution in [1.82, 2.24) is 4.90 Å². The Kier molecular flexibility index (Phi) is 6.40. The average molecular weight is 440 g/mol. The van der Waals surface area contributed by atoms with Crippen molar-refractivity contribution in [3.63, 3.8) is 0 Å². The minimum Gasteiger partial charge on any atom is -0.341 e. The maximum atomic E-state index is 13.3.